The number of pyridine rings is 1. The molecule has 144 valence electrons. The van der Waals surface area contributed by atoms with Crippen LogP contribution in [-0.2, 0) is 11.3 Å². The normalized spacial score (nSPS) is 14.3. The molecule has 0 radical (unpaired) electrons. The molecule has 0 saturated heterocycles. The second-order valence-corrected chi connectivity index (χ2v) is 7.10. The summed E-state index contributed by atoms with van der Waals surface area (Å²) in [4.78, 5) is 24.2. The maximum absolute atomic E-state index is 10.8. The van der Waals surface area contributed by atoms with E-state index in [1.54, 1.807) is 18.6 Å². The van der Waals surface area contributed by atoms with E-state index in [2.05, 4.69) is 30.7 Å². The maximum atomic E-state index is 10.8. The van der Waals surface area contributed by atoms with E-state index in [4.69, 9.17) is 17.3 Å². The molecule has 0 spiro atoms. The molecule has 0 atom stereocenters. The summed E-state index contributed by atoms with van der Waals surface area (Å²) in [5, 5.41) is 19.9. The van der Waals surface area contributed by atoms with Gasteiger partial charge in [-0.05, 0) is 37.2 Å². The predicted octanol–water partition coefficient (Wildman–Crippen LogP) is 2.20. The Labute approximate surface area is 166 Å². The summed E-state index contributed by atoms with van der Waals surface area (Å²) in [6.07, 6.45) is 9.53. The third-order valence-corrected chi connectivity index (χ3v) is 4.78. The second-order valence-electron chi connectivity index (χ2n) is 6.69. The Morgan fingerprint density at radius 2 is 2.07 bits per heavy atom. The number of anilines is 1. The number of carboxylic acids is 1. The zero-order valence-electron chi connectivity index (χ0n) is 15.0. The summed E-state index contributed by atoms with van der Waals surface area (Å²) < 4.78 is 1.34. The number of fused-ring (bicyclic) bond motifs is 1. The topological polar surface area (TPSA) is 118 Å². The summed E-state index contributed by atoms with van der Waals surface area (Å²) in [7, 11) is 0. The largest absolute Gasteiger partial charge is 0.480 e. The van der Waals surface area contributed by atoms with E-state index in [0.717, 1.165) is 12.8 Å². The summed E-state index contributed by atoms with van der Waals surface area (Å²) >= 11 is 5.38. The van der Waals surface area contributed by atoms with Gasteiger partial charge in [0.25, 0.3) is 0 Å². The molecule has 0 aromatic carbocycles. The summed E-state index contributed by atoms with van der Waals surface area (Å²) in [6.45, 7) is -0.210. The molecule has 28 heavy (non-hydrogen) atoms. The average molecular weight is 397 g/mol. The number of carboxylic acid groups (broad SMARTS) is 1. The SMILES string of the molecule is O=C(O)Cn1cc(-c2cnc3ccc(NC(=S)NC4CCCC4)nc3n2)cn1. The van der Waals surface area contributed by atoms with Gasteiger partial charge in [-0.1, -0.05) is 12.8 Å². The lowest BCUT2D eigenvalue weighted by Crippen LogP contribution is -2.36. The minimum Gasteiger partial charge on any atom is -0.480 e. The number of rotatable bonds is 5. The van der Waals surface area contributed by atoms with E-state index < -0.39 is 5.97 Å². The van der Waals surface area contributed by atoms with E-state index in [1.807, 2.05) is 12.1 Å². The summed E-state index contributed by atoms with van der Waals surface area (Å²) in [5.41, 5.74) is 2.37. The van der Waals surface area contributed by atoms with Gasteiger partial charge in [0.15, 0.2) is 10.8 Å². The molecule has 10 heteroatoms. The fourth-order valence-corrected chi connectivity index (χ4v) is 3.51. The van der Waals surface area contributed by atoms with Gasteiger partial charge < -0.3 is 15.7 Å². The average Bonchev–Trinajstić information content (AvgIpc) is 3.32. The molecule has 0 bridgehead atoms. The van der Waals surface area contributed by atoms with Crippen LogP contribution in [0.1, 0.15) is 25.7 Å². The maximum Gasteiger partial charge on any atom is 0.325 e. The molecule has 3 N–H and O–H groups in total. The lowest BCUT2D eigenvalue weighted by molar-refractivity contribution is -0.137. The number of aliphatic carboxylic acids is 1. The van der Waals surface area contributed by atoms with Crippen LogP contribution in [0.25, 0.3) is 22.4 Å². The van der Waals surface area contributed by atoms with Gasteiger partial charge in [-0.25, -0.2) is 9.97 Å². The number of nitrogens with one attached hydrogen (secondary N) is 2. The first-order chi connectivity index (χ1) is 13.6. The van der Waals surface area contributed by atoms with Crippen LogP contribution in [0, 0.1) is 0 Å². The summed E-state index contributed by atoms with van der Waals surface area (Å²) in [5.74, 6) is -0.366. The molecule has 1 saturated carbocycles. The molecule has 0 unspecified atom stereocenters. The van der Waals surface area contributed by atoms with Crippen LogP contribution in [0.5, 0.6) is 0 Å². The Morgan fingerprint density at radius 3 is 2.86 bits per heavy atom. The van der Waals surface area contributed by atoms with Crippen LogP contribution < -0.4 is 10.6 Å². The lowest BCUT2D eigenvalue weighted by Gasteiger charge is -2.15. The van der Waals surface area contributed by atoms with Gasteiger partial charge in [-0.15, -0.1) is 0 Å². The Hall–Kier alpha value is -3.14. The highest BCUT2D eigenvalue weighted by molar-refractivity contribution is 7.80. The zero-order chi connectivity index (χ0) is 19.5. The first kappa shape index (κ1) is 18.2. The first-order valence-corrected chi connectivity index (χ1v) is 9.43. The Morgan fingerprint density at radius 1 is 1.25 bits per heavy atom. The van der Waals surface area contributed by atoms with Gasteiger partial charge in [0, 0.05) is 17.8 Å². The van der Waals surface area contributed by atoms with E-state index in [9.17, 15) is 4.79 Å². The van der Waals surface area contributed by atoms with Crippen molar-refractivity contribution in [3.63, 3.8) is 0 Å². The van der Waals surface area contributed by atoms with Crippen molar-refractivity contribution in [1.82, 2.24) is 30.0 Å². The highest BCUT2D eigenvalue weighted by Crippen LogP contribution is 2.20. The number of carbonyl (C=O) groups is 1. The molecule has 1 aliphatic rings. The molecule has 3 aromatic heterocycles. The highest BCUT2D eigenvalue weighted by Gasteiger charge is 2.16. The monoisotopic (exact) mass is 397 g/mol. The van der Waals surface area contributed by atoms with Crippen molar-refractivity contribution in [3.05, 3.63) is 30.7 Å². The number of hydrogen-bond acceptors (Lipinski definition) is 6. The fraction of sp³-hybridized carbons (Fsp3) is 0.333. The molecule has 9 nitrogen and oxygen atoms in total. The molecule has 1 aliphatic carbocycles. The highest BCUT2D eigenvalue weighted by atomic mass is 32.1. The van der Waals surface area contributed by atoms with Crippen molar-refractivity contribution < 1.29 is 9.90 Å². The Bertz CT molecular complexity index is 1030. The smallest absolute Gasteiger partial charge is 0.325 e. The molecular formula is C18H19N7O2S. The molecule has 1 fully saturated rings. The summed E-state index contributed by atoms with van der Waals surface area (Å²) in [6, 6.07) is 4.06. The van der Waals surface area contributed by atoms with E-state index in [1.165, 1.54) is 17.5 Å². The van der Waals surface area contributed by atoms with Crippen molar-refractivity contribution in [2.45, 2.75) is 38.3 Å². The van der Waals surface area contributed by atoms with Crippen LogP contribution in [0.3, 0.4) is 0 Å². The van der Waals surface area contributed by atoms with Crippen LogP contribution >= 0.6 is 12.2 Å². The van der Waals surface area contributed by atoms with Crippen LogP contribution in [0.4, 0.5) is 5.82 Å². The molecule has 0 aliphatic heterocycles. The molecular weight excluding hydrogens is 378 g/mol. The van der Waals surface area contributed by atoms with Crippen molar-refractivity contribution >= 4 is 40.3 Å². The Balaban J connectivity index is 1.52. The van der Waals surface area contributed by atoms with Gasteiger partial charge in [-0.3, -0.25) is 14.5 Å². The Kier molecular flexibility index (Phi) is 5.11. The van der Waals surface area contributed by atoms with Crippen LogP contribution in [0.2, 0.25) is 0 Å². The standard InChI is InChI=1S/C18H19N7O2S/c26-16(27)10-25-9-11(7-20-25)14-8-19-13-5-6-15(23-17(13)22-14)24-18(28)21-12-3-1-2-4-12/h5-9,12H,1-4,10H2,(H,26,27)(H2,21,22,23,24,28). The van der Waals surface area contributed by atoms with Crippen LogP contribution in [0.15, 0.2) is 30.7 Å². The third-order valence-electron chi connectivity index (χ3n) is 4.57. The quantitative estimate of drug-likeness (QED) is 0.557. The van der Waals surface area contributed by atoms with E-state index in [-0.39, 0.29) is 6.54 Å². The van der Waals surface area contributed by atoms with Crippen molar-refractivity contribution in [3.8, 4) is 11.3 Å². The van der Waals surface area contributed by atoms with Crippen LogP contribution in [-0.4, -0.2) is 47.0 Å². The zero-order valence-corrected chi connectivity index (χ0v) is 15.8. The first-order valence-electron chi connectivity index (χ1n) is 9.03. The molecule has 3 aromatic rings. The third kappa shape index (κ3) is 4.22. The fourth-order valence-electron chi connectivity index (χ4n) is 3.24. The lowest BCUT2D eigenvalue weighted by atomic mass is 10.2. The van der Waals surface area contributed by atoms with E-state index in [0.29, 0.717) is 39.4 Å². The predicted molar refractivity (Wildman–Crippen MR) is 108 cm³/mol. The molecule has 0 amide bonds. The van der Waals surface area contributed by atoms with Gasteiger partial charge in [0.1, 0.15) is 17.9 Å². The van der Waals surface area contributed by atoms with Crippen molar-refractivity contribution in [2.75, 3.05) is 5.32 Å². The van der Waals surface area contributed by atoms with Crippen molar-refractivity contribution in [2.24, 2.45) is 0 Å². The number of aromatic nitrogens is 5. The second kappa shape index (κ2) is 7.85. The number of hydrogen-bond donors (Lipinski definition) is 3. The minimum absolute atomic E-state index is 0.210. The van der Waals surface area contributed by atoms with Gasteiger partial charge in [0.2, 0.25) is 0 Å². The minimum atomic E-state index is -0.959. The van der Waals surface area contributed by atoms with Gasteiger partial charge in [0.05, 0.1) is 18.1 Å². The van der Waals surface area contributed by atoms with Gasteiger partial charge in [-0.2, -0.15) is 5.10 Å². The van der Waals surface area contributed by atoms with Gasteiger partial charge >= 0.3 is 5.97 Å². The number of thiocarbonyl (C=S) groups is 1. The molecule has 4 rings (SSSR count). The number of nitrogens with zero attached hydrogens (tertiary/aromatic N) is 5. The van der Waals surface area contributed by atoms with E-state index >= 15 is 0 Å². The van der Waals surface area contributed by atoms with Crippen molar-refractivity contribution in [1.29, 1.82) is 0 Å². The molecule has 3 heterocycles.